The molecule has 26 heavy (non-hydrogen) atoms. The molecule has 1 atom stereocenters. The van der Waals surface area contributed by atoms with Crippen molar-refractivity contribution in [3.05, 3.63) is 0 Å². The molecule has 0 saturated heterocycles. The summed E-state index contributed by atoms with van der Waals surface area (Å²) in [7, 11) is -7.85. The van der Waals surface area contributed by atoms with Gasteiger partial charge in [-0.2, -0.15) is 52.7 Å². The molecule has 0 spiro atoms. The molecule has 0 saturated carbocycles. The van der Waals surface area contributed by atoms with Gasteiger partial charge >= 0.3 is 64.4 Å². The van der Waals surface area contributed by atoms with Gasteiger partial charge in [-0.1, -0.05) is 0 Å². The summed E-state index contributed by atoms with van der Waals surface area (Å²) in [4.78, 5) is 0. The average Bonchev–Trinajstić information content (AvgIpc) is 2.35. The van der Waals surface area contributed by atoms with Crippen LogP contribution in [0.5, 0.6) is 0 Å². The van der Waals surface area contributed by atoms with Crippen molar-refractivity contribution in [1.29, 1.82) is 0 Å². The standard InChI is InChI=1S/C8H5F13O3S.Na/c1-2(9)3(10,11)4(12,13)5(14,15)6(16,17)7(18,19)8(20,21)25(22,23)24;/h2H,1H3,(H,22,23,24);/q;+1/p-1. The molecule has 0 heterocycles. The molecule has 0 aliphatic rings. The van der Waals surface area contributed by atoms with Crippen LogP contribution in [0.25, 0.3) is 0 Å². The Bertz CT molecular complexity index is 615. The van der Waals surface area contributed by atoms with E-state index in [1.807, 2.05) is 0 Å². The third-order valence-electron chi connectivity index (χ3n) is 2.78. The van der Waals surface area contributed by atoms with Crippen LogP contribution in [0.2, 0.25) is 0 Å². The molecule has 0 aromatic heterocycles. The van der Waals surface area contributed by atoms with E-state index < -0.39 is 58.1 Å². The maximum absolute atomic E-state index is 13.0. The second kappa shape index (κ2) is 7.11. The van der Waals surface area contributed by atoms with E-state index in [2.05, 4.69) is 0 Å². The third kappa shape index (κ3) is 3.53. The van der Waals surface area contributed by atoms with Crippen LogP contribution >= 0.6 is 0 Å². The van der Waals surface area contributed by atoms with Crippen LogP contribution in [0.3, 0.4) is 0 Å². The maximum atomic E-state index is 13.0. The van der Waals surface area contributed by atoms with Crippen molar-refractivity contribution in [3.8, 4) is 0 Å². The maximum Gasteiger partial charge on any atom is 1.00 e. The molecule has 0 amide bonds. The van der Waals surface area contributed by atoms with Gasteiger partial charge in [0.05, 0.1) is 0 Å². The summed E-state index contributed by atoms with van der Waals surface area (Å²) >= 11 is 0. The summed E-state index contributed by atoms with van der Waals surface area (Å²) in [6.07, 6.45) is -4.36. The zero-order valence-electron chi connectivity index (χ0n) is 12.1. The molecule has 18 heteroatoms. The van der Waals surface area contributed by atoms with Gasteiger partial charge in [0.2, 0.25) is 0 Å². The smallest absolute Gasteiger partial charge is 0.743 e. The summed E-state index contributed by atoms with van der Waals surface area (Å²) in [5, 5.41) is -7.61. The summed E-state index contributed by atoms with van der Waals surface area (Å²) in [6, 6.07) is 0. The molecule has 0 aliphatic carbocycles. The minimum atomic E-state index is -8.23. The van der Waals surface area contributed by atoms with Gasteiger partial charge in [0.25, 0.3) is 0 Å². The van der Waals surface area contributed by atoms with Crippen molar-refractivity contribution in [2.75, 3.05) is 0 Å². The topological polar surface area (TPSA) is 57.2 Å². The van der Waals surface area contributed by atoms with Crippen molar-refractivity contribution in [1.82, 2.24) is 0 Å². The quantitative estimate of drug-likeness (QED) is 0.326. The summed E-state index contributed by atoms with van der Waals surface area (Å²) in [5.74, 6) is -38.9. The molecular weight excluding hydrogens is 446 g/mol. The van der Waals surface area contributed by atoms with E-state index in [0.29, 0.717) is 0 Å². The molecule has 0 fully saturated rings. The Morgan fingerprint density at radius 2 is 0.962 bits per heavy atom. The molecule has 1 unspecified atom stereocenters. The molecular formula is C8H4F13NaO3S. The van der Waals surface area contributed by atoms with Gasteiger partial charge in [-0.15, -0.1) is 0 Å². The first-order valence-corrected chi connectivity index (χ1v) is 6.71. The number of hydrogen-bond donors (Lipinski definition) is 0. The van der Waals surface area contributed by atoms with E-state index in [9.17, 15) is 70.0 Å². The Kier molecular flexibility index (Phi) is 7.72. The third-order valence-corrected chi connectivity index (χ3v) is 3.67. The largest absolute Gasteiger partial charge is 1.00 e. The Morgan fingerprint density at radius 3 is 1.19 bits per heavy atom. The molecule has 0 rings (SSSR count). The van der Waals surface area contributed by atoms with Gasteiger partial charge < -0.3 is 4.55 Å². The molecule has 152 valence electrons. The van der Waals surface area contributed by atoms with Gasteiger partial charge in [-0.05, 0) is 6.92 Å². The van der Waals surface area contributed by atoms with E-state index in [1.54, 1.807) is 0 Å². The fourth-order valence-electron chi connectivity index (χ4n) is 1.19. The van der Waals surface area contributed by atoms with Crippen LogP contribution < -0.4 is 29.6 Å². The SMILES string of the molecule is CC(F)C(F)(F)C(F)(F)C(F)(F)C(F)(F)C(F)(F)C(F)(F)S(=O)(=O)[O-].[Na+]. The molecule has 0 bridgehead atoms. The van der Waals surface area contributed by atoms with Crippen LogP contribution in [-0.4, -0.2) is 54.0 Å². The molecule has 0 N–H and O–H groups in total. The van der Waals surface area contributed by atoms with Crippen molar-refractivity contribution in [2.45, 2.75) is 48.0 Å². The van der Waals surface area contributed by atoms with Crippen LogP contribution in [0.1, 0.15) is 6.92 Å². The Hall–Kier alpha value is -0.000000000000000444. The van der Waals surface area contributed by atoms with Gasteiger partial charge in [-0.25, -0.2) is 12.8 Å². The minimum Gasteiger partial charge on any atom is -0.743 e. The second-order valence-corrected chi connectivity index (χ2v) is 5.93. The Labute approximate surface area is 157 Å². The fraction of sp³-hybridized carbons (Fsp3) is 1.00. The molecule has 0 aliphatic heterocycles. The zero-order chi connectivity index (χ0) is 21.1. The van der Waals surface area contributed by atoms with Crippen LogP contribution in [0.15, 0.2) is 0 Å². The summed E-state index contributed by atoms with van der Waals surface area (Å²) < 4.78 is 196. The number of rotatable bonds is 7. The van der Waals surface area contributed by atoms with E-state index in [0.717, 1.165) is 0 Å². The number of alkyl halides is 13. The second-order valence-electron chi connectivity index (χ2n) is 4.51. The molecule has 3 nitrogen and oxygen atoms in total. The van der Waals surface area contributed by atoms with Gasteiger partial charge in [0.1, 0.15) is 0 Å². The van der Waals surface area contributed by atoms with Gasteiger partial charge in [0.15, 0.2) is 16.3 Å². The van der Waals surface area contributed by atoms with E-state index in [-0.39, 0.29) is 29.6 Å². The monoisotopic (exact) mass is 450 g/mol. The van der Waals surface area contributed by atoms with E-state index in [1.165, 1.54) is 0 Å². The van der Waals surface area contributed by atoms with Crippen LogP contribution in [-0.2, 0) is 10.1 Å². The average molecular weight is 450 g/mol. The first kappa shape index (κ1) is 28.2. The van der Waals surface area contributed by atoms with Gasteiger partial charge in [0, 0.05) is 0 Å². The Balaban J connectivity index is 0. The predicted molar refractivity (Wildman–Crippen MR) is 49.9 cm³/mol. The Morgan fingerprint density at radius 1 is 0.692 bits per heavy atom. The normalized spacial score (nSPS) is 16.9. The van der Waals surface area contributed by atoms with Crippen LogP contribution in [0, 0.1) is 0 Å². The first-order valence-electron chi connectivity index (χ1n) is 5.31. The number of halogens is 13. The fourth-order valence-corrected chi connectivity index (χ4v) is 1.64. The molecule has 0 aromatic rings. The summed E-state index contributed by atoms with van der Waals surface area (Å²) in [5.41, 5.74) is 0. The van der Waals surface area contributed by atoms with Crippen LogP contribution in [0.4, 0.5) is 57.1 Å². The van der Waals surface area contributed by atoms with E-state index >= 15 is 0 Å². The molecule has 0 aromatic carbocycles. The van der Waals surface area contributed by atoms with Crippen molar-refractivity contribution >= 4 is 10.1 Å². The van der Waals surface area contributed by atoms with E-state index in [4.69, 9.17) is 0 Å². The van der Waals surface area contributed by atoms with Gasteiger partial charge in [-0.3, -0.25) is 0 Å². The zero-order valence-corrected chi connectivity index (χ0v) is 14.9. The van der Waals surface area contributed by atoms with Crippen molar-refractivity contribution in [2.24, 2.45) is 0 Å². The first-order chi connectivity index (χ1) is 10.4. The number of hydrogen-bond acceptors (Lipinski definition) is 3. The predicted octanol–water partition coefficient (Wildman–Crippen LogP) is 0.663. The van der Waals surface area contributed by atoms with Crippen molar-refractivity contribution < 1.29 is 99.6 Å². The molecule has 0 radical (unpaired) electrons. The van der Waals surface area contributed by atoms with Crippen molar-refractivity contribution in [3.63, 3.8) is 0 Å². The minimum absolute atomic E-state index is 0. The summed E-state index contributed by atoms with van der Waals surface area (Å²) in [6.45, 7) is -0.572.